The van der Waals surface area contributed by atoms with E-state index in [1.165, 1.54) is 11.9 Å². The number of carbonyl (C=O) groups is 2. The van der Waals surface area contributed by atoms with Crippen LogP contribution in [0, 0.1) is 0 Å². The number of halogens is 1. The summed E-state index contributed by atoms with van der Waals surface area (Å²) in [5.74, 6) is 0.751. The normalized spacial score (nSPS) is 15.2. The van der Waals surface area contributed by atoms with Crippen LogP contribution in [0.5, 0.6) is 5.75 Å². The number of benzene rings is 3. The minimum Gasteiger partial charge on any atom is -0.484 e. The summed E-state index contributed by atoms with van der Waals surface area (Å²) in [5.41, 5.74) is 4.10. The number of hydrogen-bond donors (Lipinski definition) is 2. The number of rotatable bonds is 6. The fourth-order valence-corrected chi connectivity index (χ4v) is 4.23. The van der Waals surface area contributed by atoms with Crippen molar-refractivity contribution in [3.05, 3.63) is 88.7 Å². The Kier molecular flexibility index (Phi) is 6.33. The van der Waals surface area contributed by atoms with Gasteiger partial charge >= 0.3 is 0 Å². The first-order valence-electron chi connectivity index (χ1n) is 11.1. The van der Waals surface area contributed by atoms with Crippen molar-refractivity contribution < 1.29 is 14.3 Å². The first-order valence-corrected chi connectivity index (χ1v) is 11.9. The summed E-state index contributed by atoms with van der Waals surface area (Å²) in [6, 6.07) is 22.2. The van der Waals surface area contributed by atoms with E-state index in [1.54, 1.807) is 24.3 Å². The predicted molar refractivity (Wildman–Crippen MR) is 137 cm³/mol. The van der Waals surface area contributed by atoms with Crippen molar-refractivity contribution in [2.75, 3.05) is 11.9 Å². The number of hydrazone groups is 1. The summed E-state index contributed by atoms with van der Waals surface area (Å²) in [5, 5.41) is 8.84. The van der Waals surface area contributed by atoms with Gasteiger partial charge in [-0.2, -0.15) is 5.10 Å². The summed E-state index contributed by atoms with van der Waals surface area (Å²) < 4.78 is 6.69. The van der Waals surface area contributed by atoms with Crippen LogP contribution < -0.4 is 10.1 Å². The van der Waals surface area contributed by atoms with Crippen LogP contribution in [0.25, 0.3) is 11.0 Å². The lowest BCUT2D eigenvalue weighted by atomic mass is 10.0. The fourth-order valence-electron chi connectivity index (χ4n) is 3.97. The SMILES string of the molecule is CC(=O)Nc1ccc(OCC(=O)N2N=C(c3nc4ccccc4[nH]3)CC2c2ccc(Br)cc2)cc1. The molecule has 1 aliphatic heterocycles. The van der Waals surface area contributed by atoms with Crippen molar-refractivity contribution in [1.29, 1.82) is 0 Å². The molecular weight excluding hydrogens is 510 g/mol. The Balaban J connectivity index is 1.37. The number of aromatic nitrogens is 2. The van der Waals surface area contributed by atoms with Gasteiger partial charge in [0.05, 0.1) is 17.1 Å². The standard InChI is InChI=1S/C26H22BrN5O3/c1-16(33)28-19-10-12-20(13-11-19)35-15-25(34)32-24(17-6-8-18(27)9-7-17)14-23(31-32)26-29-21-4-2-3-5-22(21)30-26/h2-13,24H,14-15H2,1H3,(H,28,33)(H,29,30). The molecule has 0 radical (unpaired) electrons. The second kappa shape index (κ2) is 9.71. The monoisotopic (exact) mass is 531 g/mol. The highest BCUT2D eigenvalue weighted by Gasteiger charge is 2.34. The van der Waals surface area contributed by atoms with Gasteiger partial charge in [0.2, 0.25) is 5.91 Å². The van der Waals surface area contributed by atoms with Gasteiger partial charge in [-0.25, -0.2) is 9.99 Å². The lowest BCUT2D eigenvalue weighted by Gasteiger charge is -2.22. The third-order valence-electron chi connectivity index (χ3n) is 5.62. The molecule has 1 aromatic heterocycles. The minimum atomic E-state index is -0.274. The topological polar surface area (TPSA) is 99.7 Å². The molecule has 2 amide bonds. The van der Waals surface area contributed by atoms with Crippen LogP contribution in [0.1, 0.15) is 30.8 Å². The molecular formula is C26H22BrN5O3. The van der Waals surface area contributed by atoms with Gasteiger partial charge in [-0.1, -0.05) is 40.2 Å². The quantitative estimate of drug-likeness (QED) is 0.364. The number of amides is 2. The number of aromatic amines is 1. The van der Waals surface area contributed by atoms with E-state index >= 15 is 0 Å². The third-order valence-corrected chi connectivity index (χ3v) is 6.15. The molecule has 0 bridgehead atoms. The number of anilines is 1. The molecule has 5 rings (SSSR count). The molecule has 0 spiro atoms. The molecule has 2 heterocycles. The first-order chi connectivity index (χ1) is 17.0. The zero-order valence-electron chi connectivity index (χ0n) is 18.9. The highest BCUT2D eigenvalue weighted by molar-refractivity contribution is 9.10. The largest absolute Gasteiger partial charge is 0.484 e. The minimum absolute atomic E-state index is 0.153. The van der Waals surface area contributed by atoms with Gasteiger partial charge in [0.15, 0.2) is 12.4 Å². The molecule has 9 heteroatoms. The van der Waals surface area contributed by atoms with Crippen LogP contribution in [0.2, 0.25) is 0 Å². The highest BCUT2D eigenvalue weighted by Crippen LogP contribution is 2.33. The second-order valence-electron chi connectivity index (χ2n) is 8.15. The molecule has 8 nitrogen and oxygen atoms in total. The lowest BCUT2D eigenvalue weighted by Crippen LogP contribution is -2.31. The average molecular weight is 532 g/mol. The second-order valence-corrected chi connectivity index (χ2v) is 9.07. The molecule has 35 heavy (non-hydrogen) atoms. The summed E-state index contributed by atoms with van der Waals surface area (Å²) in [6.07, 6.45) is 0.526. The third kappa shape index (κ3) is 5.09. The molecule has 176 valence electrons. The van der Waals surface area contributed by atoms with Crippen LogP contribution >= 0.6 is 15.9 Å². The van der Waals surface area contributed by atoms with E-state index < -0.39 is 0 Å². The smallest absolute Gasteiger partial charge is 0.281 e. The Labute approximate surface area is 210 Å². The van der Waals surface area contributed by atoms with Crippen LogP contribution in [0.15, 0.2) is 82.4 Å². The van der Waals surface area contributed by atoms with Gasteiger partial charge in [-0.05, 0) is 54.1 Å². The summed E-state index contributed by atoms with van der Waals surface area (Å²) in [7, 11) is 0. The average Bonchev–Trinajstić information content (AvgIpc) is 3.48. The molecule has 1 atom stereocenters. The summed E-state index contributed by atoms with van der Waals surface area (Å²) >= 11 is 3.47. The van der Waals surface area contributed by atoms with E-state index in [4.69, 9.17) is 4.74 Å². The zero-order chi connectivity index (χ0) is 24.4. The van der Waals surface area contributed by atoms with E-state index in [1.807, 2.05) is 48.5 Å². The van der Waals surface area contributed by atoms with E-state index in [-0.39, 0.29) is 24.5 Å². The maximum Gasteiger partial charge on any atom is 0.281 e. The first kappa shape index (κ1) is 22.8. The van der Waals surface area contributed by atoms with E-state index in [2.05, 4.69) is 36.3 Å². The Morgan fingerprint density at radius 3 is 2.54 bits per heavy atom. The number of carbonyl (C=O) groups excluding carboxylic acids is 2. The van der Waals surface area contributed by atoms with Crippen molar-refractivity contribution in [3.8, 4) is 5.75 Å². The Bertz CT molecular complexity index is 1380. The van der Waals surface area contributed by atoms with Crippen molar-refractivity contribution in [3.63, 3.8) is 0 Å². The molecule has 0 saturated heterocycles. The highest BCUT2D eigenvalue weighted by atomic mass is 79.9. The molecule has 3 aromatic carbocycles. The molecule has 1 unspecified atom stereocenters. The lowest BCUT2D eigenvalue weighted by molar-refractivity contribution is -0.135. The number of imidazole rings is 1. The number of fused-ring (bicyclic) bond motifs is 1. The van der Waals surface area contributed by atoms with Gasteiger partial charge in [0, 0.05) is 23.5 Å². The van der Waals surface area contributed by atoms with Gasteiger partial charge in [-0.15, -0.1) is 0 Å². The molecule has 0 fully saturated rings. The van der Waals surface area contributed by atoms with Gasteiger partial charge < -0.3 is 15.0 Å². The molecule has 0 saturated carbocycles. The number of H-pyrrole nitrogens is 1. The van der Waals surface area contributed by atoms with E-state index in [0.717, 1.165) is 21.1 Å². The maximum atomic E-state index is 13.2. The van der Waals surface area contributed by atoms with Gasteiger partial charge in [-0.3, -0.25) is 9.59 Å². The van der Waals surface area contributed by atoms with Crippen molar-refractivity contribution in [2.24, 2.45) is 5.10 Å². The Morgan fingerprint density at radius 1 is 1.09 bits per heavy atom. The summed E-state index contributed by atoms with van der Waals surface area (Å²) in [4.78, 5) is 32.4. The molecule has 1 aliphatic rings. The Hall–Kier alpha value is -3.98. The summed E-state index contributed by atoms with van der Waals surface area (Å²) in [6.45, 7) is 1.27. The maximum absolute atomic E-state index is 13.2. The number of para-hydroxylation sites is 2. The predicted octanol–water partition coefficient (Wildman–Crippen LogP) is 5.04. The van der Waals surface area contributed by atoms with Crippen LogP contribution in [-0.4, -0.2) is 39.1 Å². The number of nitrogens with one attached hydrogen (secondary N) is 2. The van der Waals surface area contributed by atoms with Gasteiger partial charge in [0.25, 0.3) is 5.91 Å². The van der Waals surface area contributed by atoms with Crippen LogP contribution in [0.4, 0.5) is 5.69 Å². The number of hydrogen-bond acceptors (Lipinski definition) is 5. The van der Waals surface area contributed by atoms with Crippen LogP contribution in [-0.2, 0) is 9.59 Å². The molecule has 0 aliphatic carbocycles. The van der Waals surface area contributed by atoms with Crippen molar-refractivity contribution in [2.45, 2.75) is 19.4 Å². The molecule has 2 N–H and O–H groups in total. The van der Waals surface area contributed by atoms with Crippen LogP contribution in [0.3, 0.4) is 0 Å². The fraction of sp³-hybridized carbons (Fsp3) is 0.154. The number of nitrogens with zero attached hydrogens (tertiary/aromatic N) is 3. The van der Waals surface area contributed by atoms with Crippen molar-refractivity contribution >= 4 is 50.2 Å². The zero-order valence-corrected chi connectivity index (χ0v) is 20.5. The van der Waals surface area contributed by atoms with E-state index in [0.29, 0.717) is 29.4 Å². The van der Waals surface area contributed by atoms with E-state index in [9.17, 15) is 9.59 Å². The Morgan fingerprint density at radius 2 is 1.83 bits per heavy atom. The van der Waals surface area contributed by atoms with Crippen molar-refractivity contribution in [1.82, 2.24) is 15.0 Å². The van der Waals surface area contributed by atoms with Gasteiger partial charge in [0.1, 0.15) is 11.5 Å². The molecule has 4 aromatic rings. The number of ether oxygens (including phenoxy) is 1.